The second-order valence-corrected chi connectivity index (χ2v) is 8.26. The van der Waals surface area contributed by atoms with Crippen LogP contribution in [0.1, 0.15) is 17.2 Å². The van der Waals surface area contributed by atoms with Gasteiger partial charge in [-0.2, -0.15) is 0 Å². The average Bonchev–Trinajstić information content (AvgIpc) is 3.53. The van der Waals surface area contributed by atoms with E-state index in [9.17, 15) is 0 Å². The van der Waals surface area contributed by atoms with Crippen molar-refractivity contribution in [1.29, 1.82) is 0 Å². The number of fused-ring (bicyclic) bond motifs is 3. The molecule has 0 saturated carbocycles. The molecule has 1 unspecified atom stereocenters. The number of aromatic nitrogens is 4. The molecule has 0 aliphatic heterocycles. The lowest BCUT2D eigenvalue weighted by atomic mass is 9.94. The first-order valence-corrected chi connectivity index (χ1v) is 10.8. The van der Waals surface area contributed by atoms with Gasteiger partial charge in [0, 0.05) is 35.2 Å². The SMILES string of the molecule is Clc1ccc(C(c2ccc3c(c2)c(-c2ccccc2)cc2nccn23)n2ccnc2)cc1. The largest absolute Gasteiger partial charge is 0.326 e. The van der Waals surface area contributed by atoms with E-state index in [2.05, 4.69) is 79.6 Å². The molecular weight excluding hydrogens is 416 g/mol. The minimum Gasteiger partial charge on any atom is -0.326 e. The molecule has 32 heavy (non-hydrogen) atoms. The molecule has 6 aromatic rings. The summed E-state index contributed by atoms with van der Waals surface area (Å²) >= 11 is 6.17. The van der Waals surface area contributed by atoms with Gasteiger partial charge >= 0.3 is 0 Å². The number of pyridine rings is 1. The number of rotatable bonds is 4. The fraction of sp³-hybridized carbons (Fsp3) is 0.0370. The van der Waals surface area contributed by atoms with Gasteiger partial charge < -0.3 is 4.57 Å². The molecule has 4 nitrogen and oxygen atoms in total. The van der Waals surface area contributed by atoms with Crippen LogP contribution in [0.25, 0.3) is 27.7 Å². The van der Waals surface area contributed by atoms with Crippen LogP contribution in [0.5, 0.6) is 0 Å². The zero-order valence-corrected chi connectivity index (χ0v) is 17.9. The fourth-order valence-corrected chi connectivity index (χ4v) is 4.57. The van der Waals surface area contributed by atoms with Gasteiger partial charge in [-0.25, -0.2) is 9.97 Å². The van der Waals surface area contributed by atoms with Gasteiger partial charge in [0.05, 0.1) is 17.9 Å². The van der Waals surface area contributed by atoms with Gasteiger partial charge in [0.1, 0.15) is 5.65 Å². The minimum atomic E-state index is -0.0127. The summed E-state index contributed by atoms with van der Waals surface area (Å²) in [5.41, 5.74) is 6.73. The van der Waals surface area contributed by atoms with Gasteiger partial charge in [-0.15, -0.1) is 0 Å². The molecule has 154 valence electrons. The average molecular weight is 435 g/mol. The van der Waals surface area contributed by atoms with E-state index in [-0.39, 0.29) is 6.04 Å². The Morgan fingerprint density at radius 2 is 1.59 bits per heavy atom. The van der Waals surface area contributed by atoms with Crippen LogP contribution in [-0.2, 0) is 0 Å². The molecule has 0 N–H and O–H groups in total. The van der Waals surface area contributed by atoms with Crippen molar-refractivity contribution in [2.75, 3.05) is 0 Å². The van der Waals surface area contributed by atoms with Crippen LogP contribution in [0.15, 0.2) is 110 Å². The maximum atomic E-state index is 6.17. The summed E-state index contributed by atoms with van der Waals surface area (Å²) in [6, 6.07) is 27.3. The van der Waals surface area contributed by atoms with Crippen molar-refractivity contribution < 1.29 is 0 Å². The van der Waals surface area contributed by atoms with Crippen LogP contribution in [0, 0.1) is 0 Å². The lowest BCUT2D eigenvalue weighted by molar-refractivity contribution is 0.677. The van der Waals surface area contributed by atoms with Crippen molar-refractivity contribution in [3.63, 3.8) is 0 Å². The maximum Gasteiger partial charge on any atom is 0.137 e. The highest BCUT2D eigenvalue weighted by Gasteiger charge is 2.18. The summed E-state index contributed by atoms with van der Waals surface area (Å²) in [4.78, 5) is 8.84. The number of benzene rings is 3. The van der Waals surface area contributed by atoms with E-state index in [1.54, 1.807) is 0 Å². The molecule has 0 bridgehead atoms. The van der Waals surface area contributed by atoms with Crippen molar-refractivity contribution in [3.8, 4) is 11.1 Å². The molecule has 0 amide bonds. The molecule has 0 spiro atoms. The van der Waals surface area contributed by atoms with E-state index in [1.807, 2.05) is 49.3 Å². The number of nitrogens with zero attached hydrogens (tertiary/aromatic N) is 4. The summed E-state index contributed by atoms with van der Waals surface area (Å²) < 4.78 is 4.27. The summed E-state index contributed by atoms with van der Waals surface area (Å²) in [6.45, 7) is 0. The van der Waals surface area contributed by atoms with Gasteiger partial charge in [-0.1, -0.05) is 60.1 Å². The zero-order valence-electron chi connectivity index (χ0n) is 17.1. The van der Waals surface area contributed by atoms with Crippen molar-refractivity contribution in [1.82, 2.24) is 18.9 Å². The Hall–Kier alpha value is -3.89. The Balaban J connectivity index is 1.62. The number of halogens is 1. The Bertz CT molecular complexity index is 1520. The van der Waals surface area contributed by atoms with Crippen LogP contribution >= 0.6 is 11.6 Å². The standard InChI is InChI=1S/C27H19ClN4/c28-22-9-6-20(7-10-22)27(31-14-12-29-18-31)21-8-11-25-24(16-21)23(19-4-2-1-3-5-19)17-26-30-13-15-32(25)26/h1-18,27H. The second kappa shape index (κ2) is 7.66. The molecule has 0 radical (unpaired) electrons. The number of imidazole rings is 2. The van der Waals surface area contributed by atoms with Crippen molar-refractivity contribution in [2.45, 2.75) is 6.04 Å². The van der Waals surface area contributed by atoms with Crippen LogP contribution in [0.2, 0.25) is 5.02 Å². The molecule has 0 aliphatic rings. The van der Waals surface area contributed by atoms with E-state index in [1.165, 1.54) is 22.1 Å². The molecule has 6 rings (SSSR count). The molecule has 0 fully saturated rings. The maximum absolute atomic E-state index is 6.17. The smallest absolute Gasteiger partial charge is 0.137 e. The van der Waals surface area contributed by atoms with Crippen molar-refractivity contribution in [3.05, 3.63) is 126 Å². The van der Waals surface area contributed by atoms with Gasteiger partial charge in [-0.3, -0.25) is 4.40 Å². The van der Waals surface area contributed by atoms with Crippen LogP contribution in [-0.4, -0.2) is 18.9 Å². The third-order valence-corrected chi connectivity index (χ3v) is 6.17. The molecule has 1 atom stereocenters. The molecule has 3 aromatic carbocycles. The van der Waals surface area contributed by atoms with E-state index in [0.29, 0.717) is 0 Å². The van der Waals surface area contributed by atoms with Gasteiger partial charge in [-0.05, 0) is 52.6 Å². The second-order valence-electron chi connectivity index (χ2n) is 7.82. The first-order valence-electron chi connectivity index (χ1n) is 10.5. The Labute approximate surface area is 190 Å². The van der Waals surface area contributed by atoms with Crippen LogP contribution in [0.3, 0.4) is 0 Å². The number of hydrogen-bond acceptors (Lipinski definition) is 2. The summed E-state index contributed by atoms with van der Waals surface area (Å²) in [7, 11) is 0. The summed E-state index contributed by atoms with van der Waals surface area (Å²) in [6.07, 6.45) is 9.54. The molecular formula is C27H19ClN4. The highest BCUT2D eigenvalue weighted by Crippen LogP contribution is 2.35. The van der Waals surface area contributed by atoms with E-state index in [4.69, 9.17) is 11.6 Å². The molecule has 3 aromatic heterocycles. The van der Waals surface area contributed by atoms with Gasteiger partial charge in [0.15, 0.2) is 0 Å². The monoisotopic (exact) mass is 434 g/mol. The highest BCUT2D eigenvalue weighted by atomic mass is 35.5. The Morgan fingerprint density at radius 1 is 0.781 bits per heavy atom. The van der Waals surface area contributed by atoms with E-state index in [0.717, 1.165) is 21.7 Å². The Morgan fingerprint density at radius 3 is 2.38 bits per heavy atom. The topological polar surface area (TPSA) is 35.1 Å². The first-order chi connectivity index (χ1) is 15.8. The summed E-state index contributed by atoms with van der Waals surface area (Å²) in [5, 5.41) is 1.91. The highest BCUT2D eigenvalue weighted by molar-refractivity contribution is 6.30. The van der Waals surface area contributed by atoms with E-state index >= 15 is 0 Å². The third-order valence-electron chi connectivity index (χ3n) is 5.92. The normalized spacial score (nSPS) is 12.4. The number of hydrogen-bond donors (Lipinski definition) is 0. The zero-order chi connectivity index (χ0) is 21.5. The summed E-state index contributed by atoms with van der Waals surface area (Å²) in [5.74, 6) is 0. The van der Waals surface area contributed by atoms with Crippen molar-refractivity contribution >= 4 is 28.2 Å². The molecule has 0 aliphatic carbocycles. The molecule has 3 heterocycles. The third kappa shape index (κ3) is 3.17. The van der Waals surface area contributed by atoms with Crippen LogP contribution < -0.4 is 0 Å². The fourth-order valence-electron chi connectivity index (χ4n) is 4.44. The predicted octanol–water partition coefficient (Wildman–Crippen LogP) is 6.64. The van der Waals surface area contributed by atoms with E-state index < -0.39 is 0 Å². The first kappa shape index (κ1) is 18.8. The Kier molecular flexibility index (Phi) is 4.51. The molecule has 5 heteroatoms. The molecule has 0 saturated heterocycles. The van der Waals surface area contributed by atoms with Crippen LogP contribution in [0.4, 0.5) is 0 Å². The predicted molar refractivity (Wildman–Crippen MR) is 129 cm³/mol. The van der Waals surface area contributed by atoms with Crippen molar-refractivity contribution in [2.24, 2.45) is 0 Å². The van der Waals surface area contributed by atoms with Gasteiger partial charge in [0.2, 0.25) is 0 Å². The lowest BCUT2D eigenvalue weighted by Gasteiger charge is -2.21. The van der Waals surface area contributed by atoms with Gasteiger partial charge in [0.25, 0.3) is 0 Å². The minimum absolute atomic E-state index is 0.0127. The quantitative estimate of drug-likeness (QED) is 0.311. The lowest BCUT2D eigenvalue weighted by Crippen LogP contribution is -2.10.